The Hall–Kier alpha value is -2.15. The molecule has 0 aromatic heterocycles. The average molecular weight is 574 g/mol. The van der Waals surface area contributed by atoms with Gasteiger partial charge in [0.1, 0.15) is 6.61 Å². The summed E-state index contributed by atoms with van der Waals surface area (Å²) >= 11 is 13.7. The predicted molar refractivity (Wildman–Crippen MR) is 157 cm³/mol. The third-order valence-electron chi connectivity index (χ3n) is 7.51. The smallest absolute Gasteiger partial charge is 0.266 e. The van der Waals surface area contributed by atoms with Gasteiger partial charge < -0.3 is 9.47 Å². The van der Waals surface area contributed by atoms with Gasteiger partial charge in [0, 0.05) is 6.04 Å². The first-order valence-corrected chi connectivity index (χ1v) is 15.1. The van der Waals surface area contributed by atoms with E-state index in [9.17, 15) is 4.79 Å². The van der Waals surface area contributed by atoms with Gasteiger partial charge in [0.2, 0.25) is 0 Å². The summed E-state index contributed by atoms with van der Waals surface area (Å²) in [5, 5.41) is 1.90. The fourth-order valence-corrected chi connectivity index (χ4v) is 6.87. The largest absolute Gasteiger partial charge is 0.493 e. The van der Waals surface area contributed by atoms with Crippen LogP contribution in [0.2, 0.25) is 10.0 Å². The van der Waals surface area contributed by atoms with Crippen molar-refractivity contribution < 1.29 is 14.3 Å². The van der Waals surface area contributed by atoms with Gasteiger partial charge in [0.25, 0.3) is 5.91 Å². The Morgan fingerprint density at radius 3 is 2.39 bits per heavy atom. The van der Waals surface area contributed by atoms with Gasteiger partial charge in [0.15, 0.2) is 16.7 Å². The van der Waals surface area contributed by atoms with Gasteiger partial charge >= 0.3 is 0 Å². The normalized spacial score (nSPS) is 21.4. The Labute approximate surface area is 239 Å². The number of rotatable bonds is 7. The highest BCUT2D eigenvalue weighted by Gasteiger charge is 2.39. The zero-order valence-electron chi connectivity index (χ0n) is 21.8. The van der Waals surface area contributed by atoms with E-state index in [1.165, 1.54) is 50.3 Å². The van der Waals surface area contributed by atoms with Crippen LogP contribution in [0.25, 0.3) is 6.08 Å². The Bertz CT molecular complexity index is 1220. The number of nitrogens with zero attached hydrogens (tertiary/aromatic N) is 2. The molecule has 3 aliphatic rings. The quantitative estimate of drug-likeness (QED) is 0.312. The lowest BCUT2D eigenvalue weighted by molar-refractivity contribution is -0.124. The van der Waals surface area contributed by atoms with E-state index < -0.39 is 0 Å². The van der Waals surface area contributed by atoms with Crippen molar-refractivity contribution in [3.05, 3.63) is 62.5 Å². The van der Waals surface area contributed by atoms with Gasteiger partial charge in [-0.2, -0.15) is 0 Å². The summed E-state index contributed by atoms with van der Waals surface area (Å²) in [6.45, 7) is 0.333. The van der Waals surface area contributed by atoms with E-state index in [-0.39, 0.29) is 11.9 Å². The van der Waals surface area contributed by atoms with Crippen molar-refractivity contribution >= 4 is 52.1 Å². The lowest BCUT2D eigenvalue weighted by atomic mass is 9.94. The summed E-state index contributed by atoms with van der Waals surface area (Å²) in [6.07, 6.45) is 13.7. The van der Waals surface area contributed by atoms with Crippen molar-refractivity contribution in [2.75, 3.05) is 7.11 Å². The number of thioether (sulfide) groups is 1. The molecule has 1 heterocycles. The Morgan fingerprint density at radius 1 is 0.947 bits per heavy atom. The van der Waals surface area contributed by atoms with Crippen molar-refractivity contribution in [3.8, 4) is 11.5 Å². The Balaban J connectivity index is 1.35. The van der Waals surface area contributed by atoms with Crippen LogP contribution < -0.4 is 9.47 Å². The number of hydrogen-bond acceptors (Lipinski definition) is 5. The molecule has 0 radical (unpaired) electrons. The second kappa shape index (κ2) is 12.8. The van der Waals surface area contributed by atoms with E-state index in [1.54, 1.807) is 19.2 Å². The van der Waals surface area contributed by atoms with E-state index in [2.05, 4.69) is 0 Å². The van der Waals surface area contributed by atoms with Crippen molar-refractivity contribution in [2.24, 2.45) is 4.99 Å². The van der Waals surface area contributed by atoms with Crippen LogP contribution >= 0.6 is 35.0 Å². The molecule has 5 rings (SSSR count). The first-order valence-electron chi connectivity index (χ1n) is 13.6. The lowest BCUT2D eigenvalue weighted by Crippen LogP contribution is -2.41. The number of halogens is 2. The fraction of sp³-hybridized carbons (Fsp3) is 0.467. The maximum absolute atomic E-state index is 13.7. The molecule has 2 aromatic rings. The molecule has 1 amide bonds. The molecule has 1 aliphatic heterocycles. The zero-order chi connectivity index (χ0) is 26.5. The van der Waals surface area contributed by atoms with Crippen molar-refractivity contribution in [3.63, 3.8) is 0 Å². The first kappa shape index (κ1) is 27.4. The second-order valence-corrected chi connectivity index (χ2v) is 12.1. The van der Waals surface area contributed by atoms with Gasteiger partial charge in [0.05, 0.1) is 28.1 Å². The molecule has 202 valence electrons. The highest BCUT2D eigenvalue weighted by Crippen LogP contribution is 2.39. The summed E-state index contributed by atoms with van der Waals surface area (Å²) in [5.74, 6) is 1.31. The number of ether oxygens (including phenoxy) is 2. The molecule has 0 N–H and O–H groups in total. The van der Waals surface area contributed by atoms with Crippen LogP contribution in [0.5, 0.6) is 11.5 Å². The molecule has 0 bridgehead atoms. The molecular formula is C30H34Cl2N2O3S. The SMILES string of the molecule is COc1cc(C=C2SC(=NC3CCCCC3)N(C3CCCCC3)C2=O)ccc1OCc1ccc(Cl)c(Cl)c1. The maximum atomic E-state index is 13.7. The van der Waals surface area contributed by atoms with Gasteiger partial charge in [-0.05, 0) is 78.9 Å². The summed E-state index contributed by atoms with van der Waals surface area (Å²) in [4.78, 5) is 21.5. The molecule has 5 nitrogen and oxygen atoms in total. The van der Waals surface area contributed by atoms with E-state index in [0.717, 1.165) is 46.9 Å². The highest BCUT2D eigenvalue weighted by molar-refractivity contribution is 8.18. The minimum atomic E-state index is 0.0790. The van der Waals surface area contributed by atoms with Crippen molar-refractivity contribution in [1.82, 2.24) is 4.90 Å². The van der Waals surface area contributed by atoms with Crippen molar-refractivity contribution in [1.29, 1.82) is 0 Å². The summed E-state index contributed by atoms with van der Waals surface area (Å²) in [6, 6.07) is 11.8. The lowest BCUT2D eigenvalue weighted by Gasteiger charge is -2.31. The Kier molecular flexibility index (Phi) is 9.24. The van der Waals surface area contributed by atoms with Gasteiger partial charge in [-0.25, -0.2) is 0 Å². The van der Waals surface area contributed by atoms with Crippen LogP contribution in [0.1, 0.15) is 75.3 Å². The number of carbonyl (C=O) groups excluding carboxylic acids is 1. The van der Waals surface area contributed by atoms with Crippen LogP contribution in [-0.4, -0.2) is 35.2 Å². The van der Waals surface area contributed by atoms with E-state index in [0.29, 0.717) is 34.2 Å². The van der Waals surface area contributed by atoms with Gasteiger partial charge in [-0.3, -0.25) is 14.7 Å². The number of amidine groups is 1. The summed E-state index contributed by atoms with van der Waals surface area (Å²) < 4.78 is 11.6. The zero-order valence-corrected chi connectivity index (χ0v) is 24.1. The van der Waals surface area contributed by atoms with Crippen LogP contribution in [0.15, 0.2) is 46.3 Å². The molecular weight excluding hydrogens is 539 g/mol. The molecule has 0 spiro atoms. The fourth-order valence-electron chi connectivity index (χ4n) is 5.44. The molecule has 8 heteroatoms. The van der Waals surface area contributed by atoms with Crippen LogP contribution in [0.4, 0.5) is 0 Å². The van der Waals surface area contributed by atoms with Gasteiger partial charge in [-0.15, -0.1) is 0 Å². The van der Waals surface area contributed by atoms with E-state index in [1.807, 2.05) is 35.2 Å². The second-order valence-electron chi connectivity index (χ2n) is 10.2. The number of amides is 1. The topological polar surface area (TPSA) is 51.1 Å². The number of carbonyl (C=O) groups is 1. The number of benzene rings is 2. The minimum Gasteiger partial charge on any atom is -0.493 e. The standard InChI is InChI=1S/C30H34Cl2N2O3S/c1-36-27-17-20(13-15-26(27)37-19-21-12-14-24(31)25(32)16-21)18-28-29(35)34(23-10-6-3-7-11-23)30(38-28)33-22-8-4-2-5-9-22/h12-18,22-23H,2-11,19H2,1H3. The molecule has 2 saturated carbocycles. The minimum absolute atomic E-state index is 0.0790. The molecule has 2 aromatic carbocycles. The van der Waals surface area contributed by atoms with Crippen LogP contribution in [-0.2, 0) is 11.4 Å². The van der Waals surface area contributed by atoms with Gasteiger partial charge in [-0.1, -0.05) is 73.9 Å². The Morgan fingerprint density at radius 2 is 1.68 bits per heavy atom. The number of methoxy groups -OCH3 is 1. The van der Waals surface area contributed by atoms with Crippen molar-refractivity contribution in [2.45, 2.75) is 82.9 Å². The average Bonchev–Trinajstić information content (AvgIpc) is 3.24. The van der Waals surface area contributed by atoms with Crippen LogP contribution in [0.3, 0.4) is 0 Å². The molecule has 38 heavy (non-hydrogen) atoms. The number of hydrogen-bond donors (Lipinski definition) is 0. The number of aliphatic imine (C=N–C) groups is 1. The monoisotopic (exact) mass is 572 g/mol. The summed E-state index contributed by atoms with van der Waals surface area (Å²) in [5.41, 5.74) is 1.80. The van der Waals surface area contributed by atoms with E-state index in [4.69, 9.17) is 37.7 Å². The van der Waals surface area contributed by atoms with Crippen LogP contribution in [0, 0.1) is 0 Å². The third-order valence-corrected chi connectivity index (χ3v) is 9.24. The predicted octanol–water partition coefficient (Wildman–Crippen LogP) is 8.52. The molecule has 2 aliphatic carbocycles. The molecule has 1 saturated heterocycles. The maximum Gasteiger partial charge on any atom is 0.266 e. The highest BCUT2D eigenvalue weighted by atomic mass is 35.5. The molecule has 0 unspecified atom stereocenters. The van der Waals surface area contributed by atoms with E-state index >= 15 is 0 Å². The molecule has 0 atom stereocenters. The molecule has 3 fully saturated rings. The third kappa shape index (κ3) is 6.52. The first-order chi connectivity index (χ1) is 18.5. The summed E-state index contributed by atoms with van der Waals surface area (Å²) in [7, 11) is 1.62.